The van der Waals surface area contributed by atoms with E-state index in [1.807, 2.05) is 12.1 Å². The smallest absolute Gasteiger partial charge is 0.238 e. The van der Waals surface area contributed by atoms with E-state index >= 15 is 0 Å². The van der Waals surface area contributed by atoms with E-state index in [2.05, 4.69) is 29.7 Å². The molecule has 1 fully saturated rings. The predicted molar refractivity (Wildman–Crippen MR) is 71.9 cm³/mol. The first-order chi connectivity index (χ1) is 8.31. The summed E-state index contributed by atoms with van der Waals surface area (Å²) < 4.78 is 0. The summed E-state index contributed by atoms with van der Waals surface area (Å²) in [7, 11) is 0. The number of benzene rings is 1. The Kier molecular flexibility index (Phi) is 4.45. The monoisotopic (exact) mass is 250 g/mol. The first-order valence-electron chi connectivity index (χ1n) is 5.97. The van der Waals surface area contributed by atoms with Crippen LogP contribution in [0.4, 0.5) is 0 Å². The van der Waals surface area contributed by atoms with E-state index in [0.717, 1.165) is 18.1 Å². The molecule has 1 heterocycles. The Hall–Kier alpha value is -1.000. The fourth-order valence-corrected chi connectivity index (χ4v) is 2.89. The van der Waals surface area contributed by atoms with Crippen molar-refractivity contribution in [3.63, 3.8) is 0 Å². The Morgan fingerprint density at radius 2 is 2.24 bits per heavy atom. The second kappa shape index (κ2) is 6.07. The maximum absolute atomic E-state index is 11.8. The summed E-state index contributed by atoms with van der Waals surface area (Å²) in [6.45, 7) is 2.77. The van der Waals surface area contributed by atoms with Crippen molar-refractivity contribution in [1.29, 1.82) is 0 Å². The van der Waals surface area contributed by atoms with Gasteiger partial charge in [0, 0.05) is 18.2 Å². The lowest BCUT2D eigenvalue weighted by molar-refractivity contribution is -0.122. The molecule has 0 unspecified atom stereocenters. The zero-order valence-electron chi connectivity index (χ0n) is 10.0. The summed E-state index contributed by atoms with van der Waals surface area (Å²) >= 11 is 1.77. The molecule has 1 aliphatic heterocycles. The lowest BCUT2D eigenvalue weighted by atomic mass is 10.1. The van der Waals surface area contributed by atoms with Gasteiger partial charge >= 0.3 is 0 Å². The van der Waals surface area contributed by atoms with E-state index in [1.54, 1.807) is 11.8 Å². The average molecular weight is 250 g/mol. The molecule has 1 aromatic rings. The van der Waals surface area contributed by atoms with Crippen molar-refractivity contribution >= 4 is 17.7 Å². The van der Waals surface area contributed by atoms with Gasteiger partial charge in [-0.1, -0.05) is 31.2 Å². The zero-order chi connectivity index (χ0) is 12.1. The van der Waals surface area contributed by atoms with E-state index in [-0.39, 0.29) is 11.9 Å². The number of rotatable bonds is 4. The van der Waals surface area contributed by atoms with Crippen LogP contribution in [0.1, 0.15) is 18.1 Å². The molecular formula is C13H18N2OS. The number of carbonyl (C=O) groups excluding carboxylic acids is 1. The van der Waals surface area contributed by atoms with Crippen LogP contribution in [0, 0.1) is 0 Å². The third kappa shape index (κ3) is 3.23. The molecular weight excluding hydrogens is 232 g/mol. The SMILES string of the molecule is CCc1ccccc1CNC(=O)[C@H]1CSCN1. The summed E-state index contributed by atoms with van der Waals surface area (Å²) in [5.74, 6) is 1.87. The zero-order valence-corrected chi connectivity index (χ0v) is 10.8. The van der Waals surface area contributed by atoms with Gasteiger partial charge in [-0.15, -0.1) is 11.8 Å². The van der Waals surface area contributed by atoms with Gasteiger partial charge in [0.2, 0.25) is 5.91 Å². The Morgan fingerprint density at radius 3 is 2.88 bits per heavy atom. The van der Waals surface area contributed by atoms with Gasteiger partial charge in [0.15, 0.2) is 0 Å². The van der Waals surface area contributed by atoms with Crippen molar-refractivity contribution in [2.45, 2.75) is 25.9 Å². The first-order valence-corrected chi connectivity index (χ1v) is 7.12. The molecule has 2 N–H and O–H groups in total. The van der Waals surface area contributed by atoms with Crippen molar-refractivity contribution in [1.82, 2.24) is 10.6 Å². The second-order valence-electron chi connectivity index (χ2n) is 4.11. The molecule has 3 nitrogen and oxygen atoms in total. The van der Waals surface area contributed by atoms with E-state index in [1.165, 1.54) is 11.1 Å². The summed E-state index contributed by atoms with van der Waals surface area (Å²) in [6.07, 6.45) is 1.00. The number of thioether (sulfide) groups is 1. The highest BCUT2D eigenvalue weighted by molar-refractivity contribution is 7.99. The van der Waals surface area contributed by atoms with Crippen LogP contribution >= 0.6 is 11.8 Å². The Morgan fingerprint density at radius 1 is 1.47 bits per heavy atom. The standard InChI is InChI=1S/C13H18N2OS/c1-2-10-5-3-4-6-11(10)7-14-13(16)12-8-17-9-15-12/h3-6,12,15H,2,7-9H2,1H3,(H,14,16)/t12-/m1/s1. The fraction of sp³-hybridized carbons (Fsp3) is 0.462. The van der Waals surface area contributed by atoms with Crippen LogP contribution < -0.4 is 10.6 Å². The second-order valence-corrected chi connectivity index (χ2v) is 5.14. The van der Waals surface area contributed by atoms with Crippen molar-refractivity contribution in [3.8, 4) is 0 Å². The van der Waals surface area contributed by atoms with Gasteiger partial charge in [0.25, 0.3) is 0 Å². The van der Waals surface area contributed by atoms with Crippen LogP contribution in [0.15, 0.2) is 24.3 Å². The van der Waals surface area contributed by atoms with Crippen LogP contribution in [0.2, 0.25) is 0 Å². The van der Waals surface area contributed by atoms with Gasteiger partial charge in [0.1, 0.15) is 0 Å². The molecule has 0 radical (unpaired) electrons. The molecule has 0 spiro atoms. The van der Waals surface area contributed by atoms with Crippen LogP contribution in [0.25, 0.3) is 0 Å². The quantitative estimate of drug-likeness (QED) is 0.851. The average Bonchev–Trinajstić information content (AvgIpc) is 2.90. The van der Waals surface area contributed by atoms with Crippen molar-refractivity contribution in [3.05, 3.63) is 35.4 Å². The van der Waals surface area contributed by atoms with Gasteiger partial charge in [0.05, 0.1) is 6.04 Å². The molecule has 0 aromatic heterocycles. The highest BCUT2D eigenvalue weighted by atomic mass is 32.2. The van der Waals surface area contributed by atoms with Gasteiger partial charge in [-0.2, -0.15) is 0 Å². The first kappa shape index (κ1) is 12.5. The third-order valence-electron chi connectivity index (χ3n) is 2.99. The van der Waals surface area contributed by atoms with E-state index in [9.17, 15) is 4.79 Å². The van der Waals surface area contributed by atoms with Gasteiger partial charge in [-0.25, -0.2) is 0 Å². The van der Waals surface area contributed by atoms with Gasteiger partial charge < -0.3 is 5.32 Å². The number of nitrogens with one attached hydrogen (secondary N) is 2. The predicted octanol–water partition coefficient (Wildman–Crippen LogP) is 1.53. The number of hydrogen-bond donors (Lipinski definition) is 2. The highest BCUT2D eigenvalue weighted by Crippen LogP contribution is 2.11. The Labute approximate surface area is 106 Å². The maximum atomic E-state index is 11.8. The fourth-order valence-electron chi connectivity index (χ4n) is 1.94. The van der Waals surface area contributed by atoms with Crippen molar-refractivity contribution < 1.29 is 4.79 Å². The lowest BCUT2D eigenvalue weighted by Gasteiger charge is -2.12. The molecule has 2 rings (SSSR count). The van der Waals surface area contributed by atoms with E-state index in [0.29, 0.717) is 6.54 Å². The number of hydrogen-bond acceptors (Lipinski definition) is 3. The molecule has 0 saturated carbocycles. The molecule has 17 heavy (non-hydrogen) atoms. The van der Waals surface area contributed by atoms with Crippen LogP contribution in [0.5, 0.6) is 0 Å². The molecule has 0 aliphatic carbocycles. The summed E-state index contributed by atoms with van der Waals surface area (Å²) in [5, 5.41) is 6.17. The molecule has 0 bridgehead atoms. The normalized spacial score (nSPS) is 19.2. The van der Waals surface area contributed by atoms with Gasteiger partial charge in [-0.3, -0.25) is 10.1 Å². The molecule has 1 atom stereocenters. The van der Waals surface area contributed by atoms with Crippen molar-refractivity contribution in [2.75, 3.05) is 11.6 Å². The van der Waals surface area contributed by atoms with Crippen LogP contribution in [-0.2, 0) is 17.8 Å². The van der Waals surface area contributed by atoms with Crippen molar-refractivity contribution in [2.24, 2.45) is 0 Å². The summed E-state index contributed by atoms with van der Waals surface area (Å²) in [4.78, 5) is 11.8. The summed E-state index contributed by atoms with van der Waals surface area (Å²) in [6, 6.07) is 8.24. The Balaban J connectivity index is 1.90. The highest BCUT2D eigenvalue weighted by Gasteiger charge is 2.21. The molecule has 4 heteroatoms. The number of amides is 1. The molecule has 1 saturated heterocycles. The topological polar surface area (TPSA) is 41.1 Å². The molecule has 1 aliphatic rings. The molecule has 92 valence electrons. The number of carbonyl (C=O) groups is 1. The summed E-state index contributed by atoms with van der Waals surface area (Å²) in [5.41, 5.74) is 2.52. The lowest BCUT2D eigenvalue weighted by Crippen LogP contribution is -2.41. The minimum Gasteiger partial charge on any atom is -0.351 e. The minimum absolute atomic E-state index is 0.0196. The molecule has 1 amide bonds. The van der Waals surface area contributed by atoms with Crippen LogP contribution in [-0.4, -0.2) is 23.6 Å². The third-order valence-corrected chi connectivity index (χ3v) is 3.92. The maximum Gasteiger partial charge on any atom is 0.238 e. The Bertz CT molecular complexity index is 389. The van der Waals surface area contributed by atoms with E-state index < -0.39 is 0 Å². The number of aryl methyl sites for hydroxylation is 1. The molecule has 1 aromatic carbocycles. The van der Waals surface area contributed by atoms with Gasteiger partial charge in [-0.05, 0) is 17.5 Å². The minimum atomic E-state index is -0.0196. The largest absolute Gasteiger partial charge is 0.351 e. The van der Waals surface area contributed by atoms with E-state index in [4.69, 9.17) is 0 Å². The van der Waals surface area contributed by atoms with Crippen LogP contribution in [0.3, 0.4) is 0 Å².